The highest BCUT2D eigenvalue weighted by Gasteiger charge is 2.27. The van der Waals surface area contributed by atoms with E-state index in [9.17, 15) is 21.6 Å². The molecule has 1 aliphatic heterocycles. The summed E-state index contributed by atoms with van der Waals surface area (Å²) in [6.07, 6.45) is 2.70. The van der Waals surface area contributed by atoms with E-state index in [0.29, 0.717) is 13.1 Å². The standard InChI is InChI=1S/C18H20N2O5S2/c1-26(22,23)17-10-3-2-9-16(17)19-18(21)14-7-6-8-15(13-14)27(24,25)20-11-4-5-12-20/h2-3,6-10,13H,4-5,11-12H2,1H3,(H,19,21). The van der Waals surface area contributed by atoms with Crippen molar-refractivity contribution in [1.82, 2.24) is 4.31 Å². The highest BCUT2D eigenvalue weighted by molar-refractivity contribution is 7.91. The topological polar surface area (TPSA) is 101 Å². The van der Waals surface area contributed by atoms with Crippen LogP contribution in [0.25, 0.3) is 0 Å². The summed E-state index contributed by atoms with van der Waals surface area (Å²) < 4.78 is 50.5. The molecule has 0 aliphatic carbocycles. The summed E-state index contributed by atoms with van der Waals surface area (Å²) in [6.45, 7) is 0.945. The Morgan fingerprint density at radius 2 is 1.63 bits per heavy atom. The number of carbonyl (C=O) groups is 1. The largest absolute Gasteiger partial charge is 0.321 e. The van der Waals surface area contributed by atoms with Gasteiger partial charge in [0.25, 0.3) is 5.91 Å². The number of anilines is 1. The molecule has 0 aromatic heterocycles. The van der Waals surface area contributed by atoms with E-state index in [1.54, 1.807) is 12.1 Å². The van der Waals surface area contributed by atoms with Gasteiger partial charge in [-0.1, -0.05) is 18.2 Å². The molecule has 1 saturated heterocycles. The molecule has 1 N–H and O–H groups in total. The maximum absolute atomic E-state index is 12.7. The lowest BCUT2D eigenvalue weighted by molar-refractivity contribution is 0.102. The summed E-state index contributed by atoms with van der Waals surface area (Å²) in [6, 6.07) is 11.8. The first-order valence-electron chi connectivity index (χ1n) is 8.40. The molecule has 1 aliphatic rings. The van der Waals surface area contributed by atoms with E-state index in [-0.39, 0.29) is 21.0 Å². The Labute approximate surface area is 159 Å². The van der Waals surface area contributed by atoms with E-state index in [1.807, 2.05) is 0 Å². The highest BCUT2D eigenvalue weighted by atomic mass is 32.2. The molecule has 2 aromatic carbocycles. The number of rotatable bonds is 5. The molecule has 0 spiro atoms. The second kappa shape index (κ2) is 7.41. The van der Waals surface area contributed by atoms with Gasteiger partial charge in [-0.25, -0.2) is 16.8 Å². The van der Waals surface area contributed by atoms with Gasteiger partial charge in [0, 0.05) is 24.9 Å². The summed E-state index contributed by atoms with van der Waals surface area (Å²) in [5.41, 5.74) is 0.288. The zero-order valence-corrected chi connectivity index (χ0v) is 16.4. The van der Waals surface area contributed by atoms with Crippen molar-refractivity contribution in [1.29, 1.82) is 0 Å². The zero-order valence-electron chi connectivity index (χ0n) is 14.8. The number of amides is 1. The first-order chi connectivity index (χ1) is 12.7. The van der Waals surface area contributed by atoms with E-state index in [0.717, 1.165) is 19.1 Å². The second-order valence-electron chi connectivity index (χ2n) is 6.36. The third kappa shape index (κ3) is 4.20. The van der Waals surface area contributed by atoms with Crippen molar-refractivity contribution in [2.45, 2.75) is 22.6 Å². The normalized spacial score (nSPS) is 15.6. The summed E-state index contributed by atoms with van der Waals surface area (Å²) in [5, 5.41) is 2.56. The fraction of sp³-hybridized carbons (Fsp3) is 0.278. The van der Waals surface area contributed by atoms with E-state index in [2.05, 4.69) is 5.32 Å². The number of nitrogens with one attached hydrogen (secondary N) is 1. The Morgan fingerprint density at radius 3 is 2.30 bits per heavy atom. The van der Waals surface area contributed by atoms with Gasteiger partial charge in [-0.2, -0.15) is 4.31 Å². The Bertz CT molecular complexity index is 1070. The molecule has 9 heteroatoms. The molecule has 2 aromatic rings. The summed E-state index contributed by atoms with van der Waals surface area (Å²) in [5.74, 6) is -0.579. The lowest BCUT2D eigenvalue weighted by Gasteiger charge is -2.16. The molecule has 1 heterocycles. The molecule has 0 unspecified atom stereocenters. The molecule has 27 heavy (non-hydrogen) atoms. The number of sulfonamides is 1. The van der Waals surface area contributed by atoms with Crippen LogP contribution in [0.1, 0.15) is 23.2 Å². The minimum atomic E-state index is -3.64. The van der Waals surface area contributed by atoms with Crippen LogP contribution in [0.4, 0.5) is 5.69 Å². The SMILES string of the molecule is CS(=O)(=O)c1ccccc1NC(=O)c1cccc(S(=O)(=O)N2CCCC2)c1. The molecule has 7 nitrogen and oxygen atoms in total. The third-order valence-electron chi connectivity index (χ3n) is 4.33. The Morgan fingerprint density at radius 1 is 0.963 bits per heavy atom. The average molecular weight is 409 g/mol. The van der Waals surface area contributed by atoms with Gasteiger partial charge in [0.05, 0.1) is 15.5 Å². The minimum absolute atomic E-state index is 0.000747. The minimum Gasteiger partial charge on any atom is -0.321 e. The number of hydrogen-bond donors (Lipinski definition) is 1. The number of carbonyl (C=O) groups excluding carboxylic acids is 1. The van der Waals surface area contributed by atoms with Crippen LogP contribution < -0.4 is 5.32 Å². The summed E-state index contributed by atoms with van der Waals surface area (Å²) in [4.78, 5) is 12.6. The second-order valence-corrected chi connectivity index (χ2v) is 10.3. The van der Waals surface area contributed by atoms with Gasteiger partial charge in [0.2, 0.25) is 10.0 Å². The van der Waals surface area contributed by atoms with Crippen molar-refractivity contribution in [2.24, 2.45) is 0 Å². The predicted octanol–water partition coefficient (Wildman–Crippen LogP) is 2.13. The van der Waals surface area contributed by atoms with Gasteiger partial charge < -0.3 is 5.32 Å². The Hall–Kier alpha value is -2.23. The highest BCUT2D eigenvalue weighted by Crippen LogP contribution is 2.24. The number of hydrogen-bond acceptors (Lipinski definition) is 5. The maximum Gasteiger partial charge on any atom is 0.255 e. The predicted molar refractivity (Wildman–Crippen MR) is 102 cm³/mol. The lowest BCUT2D eigenvalue weighted by Crippen LogP contribution is -2.28. The average Bonchev–Trinajstić information content (AvgIpc) is 3.17. The zero-order chi connectivity index (χ0) is 19.7. The van der Waals surface area contributed by atoms with Crippen LogP contribution in [0.5, 0.6) is 0 Å². The lowest BCUT2D eigenvalue weighted by atomic mass is 10.2. The Balaban J connectivity index is 1.89. The number of benzene rings is 2. The quantitative estimate of drug-likeness (QED) is 0.817. The molecule has 144 valence electrons. The van der Waals surface area contributed by atoms with Crippen molar-refractivity contribution in [2.75, 3.05) is 24.7 Å². The van der Waals surface area contributed by atoms with Crippen molar-refractivity contribution >= 4 is 31.5 Å². The number of para-hydroxylation sites is 1. The van der Waals surface area contributed by atoms with Crippen LogP contribution in [0, 0.1) is 0 Å². The first-order valence-corrected chi connectivity index (χ1v) is 11.7. The van der Waals surface area contributed by atoms with Crippen LogP contribution in [-0.2, 0) is 19.9 Å². The summed E-state index contributed by atoms with van der Waals surface area (Å²) in [7, 11) is -7.16. The smallest absolute Gasteiger partial charge is 0.255 e. The third-order valence-corrected chi connectivity index (χ3v) is 7.38. The maximum atomic E-state index is 12.7. The van der Waals surface area contributed by atoms with Crippen LogP contribution in [0.3, 0.4) is 0 Å². The molecular formula is C18H20N2O5S2. The van der Waals surface area contributed by atoms with E-state index in [4.69, 9.17) is 0 Å². The van der Waals surface area contributed by atoms with Gasteiger partial charge in [-0.3, -0.25) is 4.79 Å². The van der Waals surface area contributed by atoms with Gasteiger partial charge in [-0.15, -0.1) is 0 Å². The summed E-state index contributed by atoms with van der Waals surface area (Å²) >= 11 is 0. The van der Waals surface area contributed by atoms with Crippen molar-refractivity contribution in [3.05, 3.63) is 54.1 Å². The van der Waals surface area contributed by atoms with Crippen molar-refractivity contribution in [3.8, 4) is 0 Å². The van der Waals surface area contributed by atoms with Crippen molar-refractivity contribution < 1.29 is 21.6 Å². The van der Waals surface area contributed by atoms with Gasteiger partial charge in [-0.05, 0) is 43.2 Å². The van der Waals surface area contributed by atoms with Gasteiger partial charge in [0.15, 0.2) is 9.84 Å². The molecule has 0 atom stereocenters. The van der Waals surface area contributed by atoms with Crippen LogP contribution in [0.2, 0.25) is 0 Å². The van der Waals surface area contributed by atoms with Gasteiger partial charge in [0.1, 0.15) is 0 Å². The molecule has 1 fully saturated rings. The molecule has 0 bridgehead atoms. The molecule has 0 saturated carbocycles. The fourth-order valence-electron chi connectivity index (χ4n) is 2.96. The van der Waals surface area contributed by atoms with Crippen LogP contribution >= 0.6 is 0 Å². The number of nitrogens with zero attached hydrogens (tertiary/aromatic N) is 1. The molecule has 1 amide bonds. The van der Waals surface area contributed by atoms with Gasteiger partial charge >= 0.3 is 0 Å². The van der Waals surface area contributed by atoms with E-state index < -0.39 is 25.8 Å². The van der Waals surface area contributed by atoms with Crippen LogP contribution in [0.15, 0.2) is 58.3 Å². The molecular weight excluding hydrogens is 388 g/mol. The monoisotopic (exact) mass is 408 g/mol. The number of sulfone groups is 1. The molecule has 3 rings (SSSR count). The van der Waals surface area contributed by atoms with Crippen molar-refractivity contribution in [3.63, 3.8) is 0 Å². The first kappa shape index (κ1) is 19.5. The van der Waals surface area contributed by atoms with E-state index >= 15 is 0 Å². The van der Waals surface area contributed by atoms with Crippen LogP contribution in [-0.4, -0.2) is 46.4 Å². The fourth-order valence-corrected chi connectivity index (χ4v) is 5.37. The Kier molecular flexibility index (Phi) is 5.36. The molecule has 0 radical (unpaired) electrons. The van der Waals surface area contributed by atoms with E-state index in [1.165, 1.54) is 40.7 Å².